The lowest BCUT2D eigenvalue weighted by Crippen LogP contribution is -2.07. The van der Waals surface area contributed by atoms with E-state index in [0.29, 0.717) is 10.6 Å². The largest absolute Gasteiger partial charge is 0.507 e. The predicted octanol–water partition coefficient (Wildman–Crippen LogP) is 3.35. The van der Waals surface area contributed by atoms with Gasteiger partial charge in [-0.1, -0.05) is 35.9 Å². The third kappa shape index (κ3) is 3.34. The summed E-state index contributed by atoms with van der Waals surface area (Å²) in [7, 11) is 0. The molecule has 2 N–H and O–H groups in total. The maximum atomic E-state index is 12.0. The van der Waals surface area contributed by atoms with Crippen molar-refractivity contribution < 1.29 is 15.0 Å². The summed E-state index contributed by atoms with van der Waals surface area (Å²) in [5, 5.41) is 20.1. The Hall–Kier alpha value is -1.84. The molecule has 2 rings (SSSR count). The van der Waals surface area contributed by atoms with Gasteiger partial charge >= 0.3 is 0 Å². The third-order valence-electron chi connectivity index (χ3n) is 2.84. The van der Waals surface area contributed by atoms with Crippen LogP contribution in [0.5, 0.6) is 5.75 Å². The van der Waals surface area contributed by atoms with Crippen LogP contribution in [0.4, 0.5) is 0 Å². The zero-order chi connectivity index (χ0) is 13.8. The number of hydrogen-bond donors (Lipinski definition) is 2. The van der Waals surface area contributed by atoms with E-state index in [1.54, 1.807) is 36.4 Å². The number of para-hydroxylation sites is 1. The topological polar surface area (TPSA) is 57.5 Å². The number of carbonyl (C=O) groups excluding carboxylic acids is 1. The summed E-state index contributed by atoms with van der Waals surface area (Å²) in [6.07, 6.45) is -0.997. The van der Waals surface area contributed by atoms with E-state index in [0.717, 1.165) is 0 Å². The van der Waals surface area contributed by atoms with E-state index in [-0.39, 0.29) is 23.5 Å². The molecule has 3 nitrogen and oxygen atoms in total. The molecule has 1 unspecified atom stereocenters. The zero-order valence-electron chi connectivity index (χ0n) is 10.1. The number of carbonyl (C=O) groups is 1. The first kappa shape index (κ1) is 13.6. The van der Waals surface area contributed by atoms with Gasteiger partial charge in [0, 0.05) is 11.4 Å². The normalized spacial score (nSPS) is 12.1. The van der Waals surface area contributed by atoms with Crippen molar-refractivity contribution in [3.8, 4) is 5.75 Å². The van der Waals surface area contributed by atoms with E-state index >= 15 is 0 Å². The molecule has 0 aliphatic rings. The fraction of sp³-hybridized carbons (Fsp3) is 0.133. The molecule has 98 valence electrons. The number of benzene rings is 2. The van der Waals surface area contributed by atoms with Crippen LogP contribution >= 0.6 is 11.6 Å². The van der Waals surface area contributed by atoms with Crippen LogP contribution in [0.15, 0.2) is 48.5 Å². The number of hydrogen-bond acceptors (Lipinski definition) is 3. The zero-order valence-corrected chi connectivity index (χ0v) is 10.8. The highest BCUT2D eigenvalue weighted by Crippen LogP contribution is 2.24. The maximum Gasteiger partial charge on any atom is 0.169 e. The van der Waals surface area contributed by atoms with E-state index in [1.807, 2.05) is 0 Å². The Bertz CT molecular complexity index is 578. The molecule has 19 heavy (non-hydrogen) atoms. The van der Waals surface area contributed by atoms with E-state index in [1.165, 1.54) is 12.1 Å². The Balaban J connectivity index is 2.11. The van der Waals surface area contributed by atoms with Crippen LogP contribution in [0, 0.1) is 0 Å². The summed E-state index contributed by atoms with van der Waals surface area (Å²) < 4.78 is 0. The van der Waals surface area contributed by atoms with Gasteiger partial charge < -0.3 is 10.2 Å². The molecular formula is C15H13ClO3. The van der Waals surface area contributed by atoms with Gasteiger partial charge in [0.15, 0.2) is 5.78 Å². The van der Waals surface area contributed by atoms with Gasteiger partial charge in [0.1, 0.15) is 5.75 Å². The van der Waals surface area contributed by atoms with Crippen LogP contribution < -0.4 is 0 Å². The summed E-state index contributed by atoms with van der Waals surface area (Å²) in [6, 6.07) is 12.9. The van der Waals surface area contributed by atoms with Crippen LogP contribution in [0.2, 0.25) is 5.02 Å². The second kappa shape index (κ2) is 5.87. The van der Waals surface area contributed by atoms with Gasteiger partial charge in [0.25, 0.3) is 0 Å². The standard InChI is InChI=1S/C15H13ClO3/c16-11-7-5-10(6-8-11)14(18)9-15(19)12-3-1-2-4-13(12)17/h1-8,14,17-18H,9H2. The van der Waals surface area contributed by atoms with Crippen molar-refractivity contribution in [1.29, 1.82) is 0 Å². The van der Waals surface area contributed by atoms with Crippen LogP contribution in [0.3, 0.4) is 0 Å². The van der Waals surface area contributed by atoms with Gasteiger partial charge in [-0.25, -0.2) is 0 Å². The van der Waals surface area contributed by atoms with Crippen LogP contribution in [-0.2, 0) is 0 Å². The van der Waals surface area contributed by atoms with E-state index in [2.05, 4.69) is 0 Å². The Morgan fingerprint density at radius 1 is 1.11 bits per heavy atom. The fourth-order valence-electron chi connectivity index (χ4n) is 1.80. The van der Waals surface area contributed by atoms with Crippen LogP contribution in [0.25, 0.3) is 0 Å². The van der Waals surface area contributed by atoms with Gasteiger partial charge in [0.2, 0.25) is 0 Å². The van der Waals surface area contributed by atoms with Crippen molar-refractivity contribution in [3.63, 3.8) is 0 Å². The molecule has 0 aliphatic heterocycles. The molecule has 2 aromatic carbocycles. The van der Waals surface area contributed by atoms with E-state index in [9.17, 15) is 15.0 Å². The van der Waals surface area contributed by atoms with Gasteiger partial charge in [-0.2, -0.15) is 0 Å². The Labute approximate surface area is 116 Å². The van der Waals surface area contributed by atoms with Crippen molar-refractivity contribution in [2.45, 2.75) is 12.5 Å². The molecule has 1 atom stereocenters. The average Bonchev–Trinajstić information content (AvgIpc) is 2.39. The lowest BCUT2D eigenvalue weighted by Gasteiger charge is -2.11. The van der Waals surface area contributed by atoms with Crippen LogP contribution in [-0.4, -0.2) is 16.0 Å². The van der Waals surface area contributed by atoms with Crippen LogP contribution in [0.1, 0.15) is 28.4 Å². The van der Waals surface area contributed by atoms with Gasteiger partial charge in [0.05, 0.1) is 11.7 Å². The predicted molar refractivity (Wildman–Crippen MR) is 73.5 cm³/mol. The van der Waals surface area contributed by atoms with Crippen molar-refractivity contribution in [3.05, 3.63) is 64.7 Å². The minimum absolute atomic E-state index is 0.0733. The lowest BCUT2D eigenvalue weighted by molar-refractivity contribution is 0.0877. The molecule has 0 bridgehead atoms. The molecule has 2 aromatic rings. The number of aromatic hydroxyl groups is 1. The second-order valence-corrected chi connectivity index (χ2v) is 4.65. The number of aliphatic hydroxyl groups excluding tert-OH is 1. The Morgan fingerprint density at radius 3 is 2.37 bits per heavy atom. The van der Waals surface area contributed by atoms with Crippen molar-refractivity contribution >= 4 is 17.4 Å². The molecule has 0 saturated heterocycles. The molecule has 0 aromatic heterocycles. The molecule has 0 spiro atoms. The van der Waals surface area contributed by atoms with E-state index in [4.69, 9.17) is 11.6 Å². The van der Waals surface area contributed by atoms with Gasteiger partial charge in [-0.15, -0.1) is 0 Å². The highest BCUT2D eigenvalue weighted by atomic mass is 35.5. The summed E-state index contributed by atoms with van der Waals surface area (Å²) in [5.74, 6) is -0.378. The molecule has 0 amide bonds. The minimum Gasteiger partial charge on any atom is -0.507 e. The summed E-state index contributed by atoms with van der Waals surface area (Å²) in [6.45, 7) is 0. The quantitative estimate of drug-likeness (QED) is 0.842. The second-order valence-electron chi connectivity index (χ2n) is 4.21. The number of phenols is 1. The summed E-state index contributed by atoms with van der Waals surface area (Å²) >= 11 is 5.76. The number of ketones is 1. The van der Waals surface area contributed by atoms with Crippen molar-refractivity contribution in [2.24, 2.45) is 0 Å². The number of phenolic OH excluding ortho intramolecular Hbond substituents is 1. The van der Waals surface area contributed by atoms with Gasteiger partial charge in [-0.05, 0) is 29.8 Å². The number of Topliss-reactive ketones (excluding diaryl/α,β-unsaturated/α-hetero) is 1. The smallest absolute Gasteiger partial charge is 0.169 e. The molecule has 0 fully saturated rings. The summed E-state index contributed by atoms with van der Waals surface area (Å²) in [5.41, 5.74) is 0.837. The molecule has 4 heteroatoms. The number of rotatable bonds is 4. The highest BCUT2D eigenvalue weighted by Gasteiger charge is 2.16. The molecule has 0 radical (unpaired) electrons. The molecule has 0 saturated carbocycles. The first-order valence-corrected chi connectivity index (χ1v) is 6.20. The molecule has 0 heterocycles. The lowest BCUT2D eigenvalue weighted by atomic mass is 10.00. The fourth-order valence-corrected chi connectivity index (χ4v) is 1.92. The Kier molecular flexibility index (Phi) is 4.20. The Morgan fingerprint density at radius 2 is 1.74 bits per heavy atom. The minimum atomic E-state index is -0.913. The number of aliphatic hydroxyl groups is 1. The summed E-state index contributed by atoms with van der Waals surface area (Å²) in [4.78, 5) is 12.0. The third-order valence-corrected chi connectivity index (χ3v) is 3.09. The van der Waals surface area contributed by atoms with Gasteiger partial charge in [-0.3, -0.25) is 4.79 Å². The molecule has 0 aliphatic carbocycles. The first-order valence-electron chi connectivity index (χ1n) is 5.82. The first-order chi connectivity index (χ1) is 9.08. The van der Waals surface area contributed by atoms with Crippen molar-refractivity contribution in [2.75, 3.05) is 0 Å². The van der Waals surface area contributed by atoms with E-state index < -0.39 is 6.10 Å². The van der Waals surface area contributed by atoms with Crippen molar-refractivity contribution in [1.82, 2.24) is 0 Å². The number of halogens is 1. The molecular weight excluding hydrogens is 264 g/mol. The monoisotopic (exact) mass is 276 g/mol. The highest BCUT2D eigenvalue weighted by molar-refractivity contribution is 6.30. The SMILES string of the molecule is O=C(CC(O)c1ccc(Cl)cc1)c1ccccc1O. The average molecular weight is 277 g/mol. The maximum absolute atomic E-state index is 12.0.